The molecule has 98 valence electrons. The van der Waals surface area contributed by atoms with E-state index in [-0.39, 0.29) is 11.3 Å². The van der Waals surface area contributed by atoms with Crippen LogP contribution >= 0.6 is 15.9 Å². The molecule has 1 fully saturated rings. The maximum absolute atomic E-state index is 13.8. The summed E-state index contributed by atoms with van der Waals surface area (Å²) in [4.78, 5) is 12.6. The van der Waals surface area contributed by atoms with Gasteiger partial charge in [0.1, 0.15) is 5.82 Å². The molecule has 1 aliphatic heterocycles. The maximum atomic E-state index is 13.8. The van der Waals surface area contributed by atoms with Crippen LogP contribution < -0.4 is 5.32 Å². The van der Waals surface area contributed by atoms with Crippen molar-refractivity contribution >= 4 is 21.7 Å². The largest absolute Gasteiger partial charge is 0.305 e. The highest BCUT2D eigenvalue weighted by Crippen LogP contribution is 2.30. The monoisotopic (exact) mass is 313 g/mol. The number of ketones is 1. The van der Waals surface area contributed by atoms with Crippen molar-refractivity contribution in [1.29, 1.82) is 0 Å². The van der Waals surface area contributed by atoms with Gasteiger partial charge in [-0.05, 0) is 44.0 Å². The molecule has 0 amide bonds. The molecule has 1 aromatic rings. The summed E-state index contributed by atoms with van der Waals surface area (Å²) in [5.74, 6) is -0.548. The predicted molar refractivity (Wildman–Crippen MR) is 73.3 cm³/mol. The number of hydrogen-bond acceptors (Lipinski definition) is 2. The van der Waals surface area contributed by atoms with E-state index in [1.54, 1.807) is 12.1 Å². The van der Waals surface area contributed by atoms with Crippen molar-refractivity contribution in [3.05, 3.63) is 34.1 Å². The molecule has 1 unspecified atom stereocenters. The van der Waals surface area contributed by atoms with Crippen LogP contribution in [0, 0.1) is 5.82 Å². The Balaban J connectivity index is 2.36. The van der Waals surface area contributed by atoms with Crippen LogP contribution in [0.1, 0.15) is 43.0 Å². The third-order valence-corrected chi connectivity index (χ3v) is 4.02. The Bertz CT molecular complexity index is 455. The Hall–Kier alpha value is -0.740. The van der Waals surface area contributed by atoms with Gasteiger partial charge >= 0.3 is 0 Å². The Labute approximate surface area is 115 Å². The van der Waals surface area contributed by atoms with Crippen molar-refractivity contribution < 1.29 is 9.18 Å². The zero-order valence-corrected chi connectivity index (χ0v) is 12.0. The first-order valence-electron chi connectivity index (χ1n) is 6.34. The minimum absolute atomic E-state index is 0.111. The number of Topliss-reactive ketones (excluding diaryl/α,β-unsaturated/α-hetero) is 1. The second-order valence-corrected chi connectivity index (χ2v) is 5.73. The first-order valence-corrected chi connectivity index (χ1v) is 7.13. The lowest BCUT2D eigenvalue weighted by Gasteiger charge is -2.27. The van der Waals surface area contributed by atoms with Crippen LogP contribution in [-0.2, 0) is 0 Å². The molecule has 1 N–H and O–H groups in total. The predicted octanol–water partition coefficient (Wildman–Crippen LogP) is 3.69. The van der Waals surface area contributed by atoms with E-state index in [4.69, 9.17) is 0 Å². The number of nitrogens with one attached hydrogen (secondary N) is 1. The van der Waals surface area contributed by atoms with Gasteiger partial charge < -0.3 is 5.32 Å². The van der Waals surface area contributed by atoms with Crippen LogP contribution in [-0.4, -0.2) is 17.9 Å². The van der Waals surface area contributed by atoms with Crippen molar-refractivity contribution in [2.75, 3.05) is 6.54 Å². The molecule has 1 aliphatic rings. The summed E-state index contributed by atoms with van der Waals surface area (Å²) in [7, 11) is 0. The lowest BCUT2D eigenvalue weighted by Crippen LogP contribution is -2.47. The van der Waals surface area contributed by atoms with Crippen LogP contribution in [0.15, 0.2) is 22.7 Å². The highest BCUT2D eigenvalue weighted by molar-refractivity contribution is 9.10. The van der Waals surface area contributed by atoms with Crippen LogP contribution in [0.25, 0.3) is 0 Å². The van der Waals surface area contributed by atoms with Gasteiger partial charge in [0.2, 0.25) is 0 Å². The molecule has 1 aromatic carbocycles. The van der Waals surface area contributed by atoms with Gasteiger partial charge in [0.05, 0.1) is 11.1 Å². The Morgan fingerprint density at radius 2 is 2.33 bits per heavy atom. The number of benzene rings is 1. The first-order chi connectivity index (χ1) is 8.59. The molecule has 1 atom stereocenters. The summed E-state index contributed by atoms with van der Waals surface area (Å²) >= 11 is 3.29. The van der Waals surface area contributed by atoms with Gasteiger partial charge in [0.15, 0.2) is 5.78 Å². The van der Waals surface area contributed by atoms with E-state index in [2.05, 4.69) is 21.2 Å². The Morgan fingerprint density at radius 1 is 1.56 bits per heavy atom. The maximum Gasteiger partial charge on any atom is 0.185 e. The lowest BCUT2D eigenvalue weighted by molar-refractivity contribution is 0.0853. The molecule has 0 saturated carbocycles. The van der Waals surface area contributed by atoms with Gasteiger partial charge in [-0.15, -0.1) is 0 Å². The molecule has 4 heteroatoms. The van der Waals surface area contributed by atoms with E-state index in [0.29, 0.717) is 0 Å². The van der Waals surface area contributed by atoms with Gasteiger partial charge in [0, 0.05) is 4.47 Å². The van der Waals surface area contributed by atoms with Crippen LogP contribution in [0.5, 0.6) is 0 Å². The molecular formula is C14H17BrFNO. The fourth-order valence-electron chi connectivity index (χ4n) is 2.68. The normalized spacial score (nSPS) is 23.3. The minimum Gasteiger partial charge on any atom is -0.305 e. The quantitative estimate of drug-likeness (QED) is 0.859. The highest BCUT2D eigenvalue weighted by Gasteiger charge is 2.41. The van der Waals surface area contributed by atoms with Crippen molar-refractivity contribution in [1.82, 2.24) is 5.32 Å². The SMILES string of the molecule is CCCC1(C(=O)c2cc(Br)ccc2F)CCCN1. The van der Waals surface area contributed by atoms with E-state index < -0.39 is 11.4 Å². The number of carbonyl (C=O) groups is 1. The molecule has 0 aromatic heterocycles. The van der Waals surface area contributed by atoms with Crippen molar-refractivity contribution in [3.63, 3.8) is 0 Å². The molecule has 2 nitrogen and oxygen atoms in total. The van der Waals surface area contributed by atoms with Crippen LogP contribution in [0.2, 0.25) is 0 Å². The topological polar surface area (TPSA) is 29.1 Å². The average Bonchev–Trinajstić information content (AvgIpc) is 2.82. The molecule has 1 saturated heterocycles. The van der Waals surface area contributed by atoms with Crippen molar-refractivity contribution in [3.8, 4) is 0 Å². The van der Waals surface area contributed by atoms with Crippen molar-refractivity contribution in [2.24, 2.45) is 0 Å². The molecule has 18 heavy (non-hydrogen) atoms. The second kappa shape index (κ2) is 5.49. The third kappa shape index (κ3) is 2.50. The fourth-order valence-corrected chi connectivity index (χ4v) is 3.04. The zero-order valence-electron chi connectivity index (χ0n) is 10.4. The van der Waals surface area contributed by atoms with Crippen LogP contribution in [0.3, 0.4) is 0 Å². The van der Waals surface area contributed by atoms with Gasteiger partial charge in [0.25, 0.3) is 0 Å². The molecule has 1 heterocycles. The summed E-state index contributed by atoms with van der Waals surface area (Å²) in [6.07, 6.45) is 3.44. The minimum atomic E-state index is -0.559. The molecule has 0 aliphatic carbocycles. The number of rotatable bonds is 4. The highest BCUT2D eigenvalue weighted by atomic mass is 79.9. The van der Waals surface area contributed by atoms with Gasteiger partial charge in [-0.25, -0.2) is 4.39 Å². The molecule has 0 spiro atoms. The van der Waals surface area contributed by atoms with Crippen molar-refractivity contribution in [2.45, 2.75) is 38.1 Å². The van der Waals surface area contributed by atoms with Gasteiger partial charge in [-0.1, -0.05) is 29.3 Å². The van der Waals surface area contributed by atoms with Gasteiger partial charge in [-0.2, -0.15) is 0 Å². The Kier molecular flexibility index (Phi) is 4.17. The summed E-state index contributed by atoms with van der Waals surface area (Å²) in [6.45, 7) is 2.88. The van der Waals surface area contributed by atoms with E-state index in [1.807, 2.05) is 6.92 Å². The van der Waals surface area contributed by atoms with Gasteiger partial charge in [-0.3, -0.25) is 4.79 Å². The van der Waals surface area contributed by atoms with E-state index >= 15 is 0 Å². The first kappa shape index (κ1) is 13.7. The fraction of sp³-hybridized carbons (Fsp3) is 0.500. The summed E-state index contributed by atoms with van der Waals surface area (Å²) < 4.78 is 14.5. The number of hydrogen-bond donors (Lipinski definition) is 1. The summed E-state index contributed by atoms with van der Waals surface area (Å²) in [6, 6.07) is 4.53. The Morgan fingerprint density at radius 3 is 2.94 bits per heavy atom. The summed E-state index contributed by atoms with van der Waals surface area (Å²) in [5.41, 5.74) is -0.372. The zero-order chi connectivity index (χ0) is 13.2. The molecule has 0 radical (unpaired) electrons. The second-order valence-electron chi connectivity index (χ2n) is 4.82. The standard InChI is InChI=1S/C14H17BrFNO/c1-2-6-14(7-3-8-17-14)13(18)11-9-10(15)4-5-12(11)16/h4-5,9,17H,2-3,6-8H2,1H3. The third-order valence-electron chi connectivity index (χ3n) is 3.53. The molecule has 2 rings (SSSR count). The number of carbonyl (C=O) groups excluding carboxylic acids is 1. The molecule has 0 bridgehead atoms. The van der Waals surface area contributed by atoms with E-state index in [9.17, 15) is 9.18 Å². The van der Waals surface area contributed by atoms with E-state index in [0.717, 1.165) is 36.7 Å². The van der Waals surface area contributed by atoms with E-state index in [1.165, 1.54) is 6.07 Å². The van der Waals surface area contributed by atoms with Crippen LogP contribution in [0.4, 0.5) is 4.39 Å². The number of halogens is 2. The molecular weight excluding hydrogens is 297 g/mol. The summed E-state index contributed by atoms with van der Waals surface area (Å²) in [5, 5.41) is 3.28. The lowest BCUT2D eigenvalue weighted by atomic mass is 9.84. The average molecular weight is 314 g/mol. The smallest absolute Gasteiger partial charge is 0.185 e.